The predicted molar refractivity (Wildman–Crippen MR) is 64.0 cm³/mol. The minimum atomic E-state index is 0.0441. The Balaban J connectivity index is 1.89. The molecule has 0 aliphatic carbocycles. The van der Waals surface area contributed by atoms with Gasteiger partial charge >= 0.3 is 0 Å². The van der Waals surface area contributed by atoms with Gasteiger partial charge in [0.05, 0.1) is 12.3 Å². The first-order valence-corrected chi connectivity index (χ1v) is 5.74. The summed E-state index contributed by atoms with van der Waals surface area (Å²) >= 11 is 0. The average Bonchev–Trinajstić information content (AvgIpc) is 3.01. The lowest BCUT2D eigenvalue weighted by molar-refractivity contribution is 0.192. The summed E-state index contributed by atoms with van der Waals surface area (Å²) in [6.45, 7) is 1.37. The third kappa shape index (κ3) is 1.91. The van der Waals surface area contributed by atoms with Crippen LogP contribution < -0.4 is 5.73 Å². The van der Waals surface area contributed by atoms with Crippen molar-refractivity contribution in [2.24, 2.45) is 0 Å². The number of benzene rings is 1. The van der Waals surface area contributed by atoms with Crippen molar-refractivity contribution >= 4 is 5.69 Å². The van der Waals surface area contributed by atoms with Crippen LogP contribution in [0, 0.1) is 0 Å². The van der Waals surface area contributed by atoms with E-state index in [9.17, 15) is 5.11 Å². The summed E-state index contributed by atoms with van der Waals surface area (Å²) in [5.41, 5.74) is 6.61. The minimum Gasteiger partial charge on any atom is -0.506 e. The van der Waals surface area contributed by atoms with E-state index in [-0.39, 0.29) is 17.4 Å². The normalized spacial score (nSPS) is 19.2. The Morgan fingerprint density at radius 1 is 1.39 bits per heavy atom. The number of nitrogens with two attached hydrogens (primary N) is 1. The predicted octanol–water partition coefficient (Wildman–Crippen LogP) is 1.53. The second kappa shape index (κ2) is 4.30. The fourth-order valence-electron chi connectivity index (χ4n) is 1.94. The van der Waals surface area contributed by atoms with Gasteiger partial charge in [-0.3, -0.25) is 0 Å². The zero-order valence-corrected chi connectivity index (χ0v) is 9.67. The lowest BCUT2D eigenvalue weighted by Gasteiger charge is -2.00. The van der Waals surface area contributed by atoms with Gasteiger partial charge in [-0.05, 0) is 24.6 Å². The van der Waals surface area contributed by atoms with E-state index in [2.05, 4.69) is 10.1 Å². The SMILES string of the molecule is Nc1cc(-c2nc(C3CCOC3)no2)ccc1O. The Bertz CT molecular complexity index is 561. The maximum atomic E-state index is 9.36. The van der Waals surface area contributed by atoms with Crippen molar-refractivity contribution in [1.29, 1.82) is 0 Å². The Morgan fingerprint density at radius 2 is 2.28 bits per heavy atom. The summed E-state index contributed by atoms with van der Waals surface area (Å²) in [5.74, 6) is 1.32. The molecule has 2 heterocycles. The number of ether oxygens (including phenoxy) is 1. The van der Waals surface area contributed by atoms with E-state index < -0.39 is 0 Å². The van der Waals surface area contributed by atoms with Crippen molar-refractivity contribution in [3.05, 3.63) is 24.0 Å². The first-order chi connectivity index (χ1) is 8.74. The number of hydrogen-bond donors (Lipinski definition) is 2. The highest BCUT2D eigenvalue weighted by Crippen LogP contribution is 2.29. The Hall–Kier alpha value is -2.08. The lowest BCUT2D eigenvalue weighted by Crippen LogP contribution is -1.99. The zero-order chi connectivity index (χ0) is 12.5. The van der Waals surface area contributed by atoms with E-state index in [0.717, 1.165) is 13.0 Å². The number of hydrogen-bond acceptors (Lipinski definition) is 6. The smallest absolute Gasteiger partial charge is 0.258 e. The van der Waals surface area contributed by atoms with Crippen LogP contribution in [0.5, 0.6) is 5.75 Å². The van der Waals surface area contributed by atoms with Crippen molar-refractivity contribution < 1.29 is 14.4 Å². The summed E-state index contributed by atoms with van der Waals surface area (Å²) in [6.07, 6.45) is 0.913. The molecule has 1 unspecified atom stereocenters. The van der Waals surface area contributed by atoms with Gasteiger partial charge in [0.1, 0.15) is 5.75 Å². The maximum absolute atomic E-state index is 9.36. The van der Waals surface area contributed by atoms with Crippen LogP contribution in [0.3, 0.4) is 0 Å². The fourth-order valence-corrected chi connectivity index (χ4v) is 1.94. The van der Waals surface area contributed by atoms with E-state index in [4.69, 9.17) is 15.0 Å². The van der Waals surface area contributed by atoms with Crippen LogP contribution in [-0.2, 0) is 4.74 Å². The minimum absolute atomic E-state index is 0.0441. The number of anilines is 1. The number of nitrogen functional groups attached to an aromatic ring is 1. The molecule has 18 heavy (non-hydrogen) atoms. The first-order valence-electron chi connectivity index (χ1n) is 5.74. The molecule has 3 N–H and O–H groups in total. The Kier molecular flexibility index (Phi) is 2.64. The van der Waals surface area contributed by atoms with Crippen LogP contribution in [0.2, 0.25) is 0 Å². The highest BCUT2D eigenvalue weighted by molar-refractivity contribution is 5.64. The standard InChI is InChI=1S/C12H13N3O3/c13-9-5-7(1-2-10(9)16)12-14-11(15-18-12)8-3-4-17-6-8/h1-2,5,8,16H,3-4,6,13H2. The molecule has 6 nitrogen and oxygen atoms in total. The molecular formula is C12H13N3O3. The van der Waals surface area contributed by atoms with Gasteiger partial charge in [0.25, 0.3) is 5.89 Å². The summed E-state index contributed by atoms with van der Waals surface area (Å²) < 4.78 is 10.5. The van der Waals surface area contributed by atoms with E-state index >= 15 is 0 Å². The third-order valence-corrected chi connectivity index (χ3v) is 3.01. The van der Waals surface area contributed by atoms with E-state index in [0.29, 0.717) is 23.9 Å². The monoisotopic (exact) mass is 247 g/mol. The highest BCUT2D eigenvalue weighted by atomic mass is 16.5. The van der Waals surface area contributed by atoms with Crippen LogP contribution >= 0.6 is 0 Å². The van der Waals surface area contributed by atoms with Crippen molar-refractivity contribution in [2.45, 2.75) is 12.3 Å². The lowest BCUT2D eigenvalue weighted by atomic mass is 10.1. The van der Waals surface area contributed by atoms with Gasteiger partial charge in [-0.2, -0.15) is 4.98 Å². The topological polar surface area (TPSA) is 94.4 Å². The molecule has 1 aromatic carbocycles. The van der Waals surface area contributed by atoms with Gasteiger partial charge in [0.2, 0.25) is 0 Å². The van der Waals surface area contributed by atoms with Crippen LogP contribution in [0.25, 0.3) is 11.5 Å². The van der Waals surface area contributed by atoms with E-state index in [1.54, 1.807) is 12.1 Å². The second-order valence-electron chi connectivity index (χ2n) is 4.29. The van der Waals surface area contributed by atoms with Gasteiger partial charge < -0.3 is 20.1 Å². The molecule has 0 spiro atoms. The highest BCUT2D eigenvalue weighted by Gasteiger charge is 2.23. The fraction of sp³-hybridized carbons (Fsp3) is 0.333. The largest absolute Gasteiger partial charge is 0.506 e. The molecule has 2 aromatic rings. The van der Waals surface area contributed by atoms with Crippen LogP contribution in [-0.4, -0.2) is 28.5 Å². The second-order valence-corrected chi connectivity index (χ2v) is 4.29. The molecule has 0 saturated carbocycles. The van der Waals surface area contributed by atoms with Crippen molar-refractivity contribution in [3.63, 3.8) is 0 Å². The molecule has 1 atom stereocenters. The van der Waals surface area contributed by atoms with Gasteiger partial charge in [0.15, 0.2) is 5.82 Å². The number of rotatable bonds is 2. The molecule has 1 fully saturated rings. The molecule has 6 heteroatoms. The molecule has 1 saturated heterocycles. The molecule has 0 radical (unpaired) electrons. The molecule has 1 aliphatic rings. The van der Waals surface area contributed by atoms with Crippen LogP contribution in [0.15, 0.2) is 22.7 Å². The first kappa shape index (κ1) is 11.0. The van der Waals surface area contributed by atoms with Gasteiger partial charge in [-0.1, -0.05) is 5.16 Å². The van der Waals surface area contributed by atoms with Crippen molar-refractivity contribution in [2.75, 3.05) is 18.9 Å². The summed E-state index contributed by atoms with van der Waals surface area (Å²) in [5, 5.41) is 13.3. The number of nitrogens with zero attached hydrogens (tertiary/aromatic N) is 2. The molecule has 94 valence electrons. The molecule has 1 aliphatic heterocycles. The van der Waals surface area contributed by atoms with Crippen LogP contribution in [0.1, 0.15) is 18.2 Å². The molecule has 3 rings (SSSR count). The average molecular weight is 247 g/mol. The quantitative estimate of drug-likeness (QED) is 0.617. The van der Waals surface area contributed by atoms with Crippen molar-refractivity contribution in [3.8, 4) is 17.2 Å². The number of phenolic OH excluding ortho intramolecular Hbond substituents is 1. The zero-order valence-electron chi connectivity index (χ0n) is 9.67. The van der Waals surface area contributed by atoms with Gasteiger partial charge in [-0.15, -0.1) is 0 Å². The number of phenols is 1. The molecule has 1 aromatic heterocycles. The summed E-state index contributed by atoms with van der Waals surface area (Å²) in [4.78, 5) is 4.34. The van der Waals surface area contributed by atoms with E-state index in [1.807, 2.05) is 0 Å². The Labute approximate surface area is 103 Å². The van der Waals surface area contributed by atoms with E-state index in [1.165, 1.54) is 6.07 Å². The third-order valence-electron chi connectivity index (χ3n) is 3.01. The molecular weight excluding hydrogens is 234 g/mol. The molecule has 0 amide bonds. The number of aromatic hydroxyl groups is 1. The van der Waals surface area contributed by atoms with Gasteiger partial charge in [-0.25, -0.2) is 0 Å². The van der Waals surface area contributed by atoms with Gasteiger partial charge in [0, 0.05) is 18.1 Å². The maximum Gasteiger partial charge on any atom is 0.258 e. The van der Waals surface area contributed by atoms with Crippen molar-refractivity contribution in [1.82, 2.24) is 10.1 Å². The molecule has 0 bridgehead atoms. The number of aromatic nitrogens is 2. The summed E-state index contributed by atoms with van der Waals surface area (Å²) in [7, 11) is 0. The Morgan fingerprint density at radius 3 is 3.00 bits per heavy atom. The summed E-state index contributed by atoms with van der Waals surface area (Å²) in [6, 6.07) is 4.80. The van der Waals surface area contributed by atoms with Crippen LogP contribution in [0.4, 0.5) is 5.69 Å².